The van der Waals surface area contributed by atoms with Crippen LogP contribution in [0.3, 0.4) is 0 Å². The van der Waals surface area contributed by atoms with E-state index in [4.69, 9.17) is 5.11 Å². The molecule has 1 rings (SSSR count). The highest BCUT2D eigenvalue weighted by Crippen LogP contribution is 2.19. The van der Waals surface area contributed by atoms with Crippen molar-refractivity contribution >= 4 is 38.4 Å². The summed E-state index contributed by atoms with van der Waals surface area (Å²) >= 11 is 4.72. The van der Waals surface area contributed by atoms with Crippen molar-refractivity contribution in [2.75, 3.05) is 11.9 Å². The van der Waals surface area contributed by atoms with E-state index in [1.54, 1.807) is 0 Å². The number of rotatable bonds is 5. The van der Waals surface area contributed by atoms with Crippen LogP contribution >= 0.6 is 27.3 Å². The number of halogens is 1. The summed E-state index contributed by atoms with van der Waals surface area (Å²) in [6.45, 7) is 0.645. The monoisotopic (exact) mass is 264 g/mol. The number of aromatic nitrogens is 1. The first-order valence-corrected chi connectivity index (χ1v) is 5.42. The van der Waals surface area contributed by atoms with Crippen molar-refractivity contribution in [1.29, 1.82) is 0 Å². The molecular weight excluding hydrogens is 256 g/mol. The van der Waals surface area contributed by atoms with Gasteiger partial charge in [0.2, 0.25) is 0 Å². The van der Waals surface area contributed by atoms with Crippen LogP contribution in [0, 0.1) is 0 Å². The van der Waals surface area contributed by atoms with E-state index in [1.807, 2.05) is 5.38 Å². The highest BCUT2D eigenvalue weighted by Gasteiger charge is 1.99. The number of aliphatic carboxylic acids is 1. The van der Waals surface area contributed by atoms with Crippen LogP contribution in [0.5, 0.6) is 0 Å². The van der Waals surface area contributed by atoms with Gasteiger partial charge in [-0.1, -0.05) is 0 Å². The van der Waals surface area contributed by atoms with Gasteiger partial charge < -0.3 is 10.4 Å². The number of carbonyl (C=O) groups is 1. The van der Waals surface area contributed by atoms with Crippen LogP contribution in [-0.4, -0.2) is 22.6 Å². The summed E-state index contributed by atoms with van der Waals surface area (Å²) in [5.74, 6) is -0.762. The number of nitrogens with one attached hydrogen (secondary N) is 1. The van der Waals surface area contributed by atoms with Gasteiger partial charge in [0.25, 0.3) is 0 Å². The lowest BCUT2D eigenvalue weighted by molar-refractivity contribution is -0.137. The molecule has 1 aromatic heterocycles. The van der Waals surface area contributed by atoms with Gasteiger partial charge in [-0.25, -0.2) is 4.98 Å². The molecule has 0 fully saturated rings. The summed E-state index contributed by atoms with van der Waals surface area (Å²) in [7, 11) is 0. The van der Waals surface area contributed by atoms with Crippen molar-refractivity contribution in [2.24, 2.45) is 0 Å². The van der Waals surface area contributed by atoms with Crippen molar-refractivity contribution < 1.29 is 9.90 Å². The molecule has 6 heteroatoms. The van der Waals surface area contributed by atoms with E-state index in [1.165, 1.54) is 11.3 Å². The third kappa shape index (κ3) is 4.23. The van der Waals surface area contributed by atoms with Gasteiger partial charge in [-0.3, -0.25) is 4.79 Å². The maximum Gasteiger partial charge on any atom is 0.303 e. The molecule has 0 unspecified atom stereocenters. The summed E-state index contributed by atoms with van der Waals surface area (Å²) in [6, 6.07) is 0. The Morgan fingerprint density at radius 3 is 3.08 bits per heavy atom. The molecule has 0 bridgehead atoms. The minimum atomic E-state index is -0.762. The normalized spacial score (nSPS) is 9.92. The SMILES string of the molecule is O=C(O)CCCNc1nc(Br)cs1. The minimum absolute atomic E-state index is 0.194. The first-order chi connectivity index (χ1) is 6.18. The lowest BCUT2D eigenvalue weighted by Crippen LogP contribution is -2.04. The maximum atomic E-state index is 10.2. The average molecular weight is 265 g/mol. The predicted octanol–water partition coefficient (Wildman–Crippen LogP) is 2.18. The molecule has 0 spiro atoms. The largest absolute Gasteiger partial charge is 0.481 e. The van der Waals surface area contributed by atoms with Crippen LogP contribution in [-0.2, 0) is 4.79 Å². The van der Waals surface area contributed by atoms with Crippen molar-refractivity contribution in [3.8, 4) is 0 Å². The molecule has 0 saturated carbocycles. The molecule has 0 aromatic carbocycles. The van der Waals surface area contributed by atoms with E-state index in [-0.39, 0.29) is 6.42 Å². The highest BCUT2D eigenvalue weighted by molar-refractivity contribution is 9.10. The van der Waals surface area contributed by atoms with Crippen LogP contribution in [0.4, 0.5) is 5.13 Å². The van der Waals surface area contributed by atoms with Gasteiger partial charge in [0.15, 0.2) is 5.13 Å². The van der Waals surface area contributed by atoms with Crippen molar-refractivity contribution in [2.45, 2.75) is 12.8 Å². The number of anilines is 1. The van der Waals surface area contributed by atoms with Crippen LogP contribution in [0.25, 0.3) is 0 Å². The smallest absolute Gasteiger partial charge is 0.303 e. The fraction of sp³-hybridized carbons (Fsp3) is 0.429. The topological polar surface area (TPSA) is 62.2 Å². The predicted molar refractivity (Wildman–Crippen MR) is 55.2 cm³/mol. The molecule has 4 nitrogen and oxygen atoms in total. The third-order valence-electron chi connectivity index (χ3n) is 1.32. The van der Waals surface area contributed by atoms with Gasteiger partial charge in [-0.15, -0.1) is 11.3 Å². The second-order valence-electron chi connectivity index (χ2n) is 2.40. The number of nitrogens with zero attached hydrogens (tertiary/aromatic N) is 1. The Kier molecular flexibility index (Phi) is 4.17. The highest BCUT2D eigenvalue weighted by atomic mass is 79.9. The van der Waals surface area contributed by atoms with Gasteiger partial charge in [0.1, 0.15) is 4.60 Å². The molecule has 1 heterocycles. The van der Waals surface area contributed by atoms with Crippen molar-refractivity contribution in [3.05, 3.63) is 9.98 Å². The molecule has 0 aliphatic heterocycles. The van der Waals surface area contributed by atoms with E-state index in [2.05, 4.69) is 26.2 Å². The molecule has 0 saturated heterocycles. The molecule has 0 amide bonds. The zero-order chi connectivity index (χ0) is 9.68. The lowest BCUT2D eigenvalue weighted by atomic mass is 10.3. The van der Waals surface area contributed by atoms with Gasteiger partial charge in [0, 0.05) is 18.3 Å². The van der Waals surface area contributed by atoms with E-state index in [0.29, 0.717) is 13.0 Å². The molecule has 2 N–H and O–H groups in total. The average Bonchev–Trinajstić information content (AvgIpc) is 2.45. The first-order valence-electron chi connectivity index (χ1n) is 3.75. The second kappa shape index (κ2) is 5.18. The Morgan fingerprint density at radius 2 is 2.54 bits per heavy atom. The summed E-state index contributed by atoms with van der Waals surface area (Å²) in [5.41, 5.74) is 0. The number of hydrogen-bond donors (Lipinski definition) is 2. The van der Waals surface area contributed by atoms with Crippen LogP contribution < -0.4 is 5.32 Å². The Labute approximate surface area is 88.1 Å². The van der Waals surface area contributed by atoms with Gasteiger partial charge in [-0.2, -0.15) is 0 Å². The number of thiazole rings is 1. The quantitative estimate of drug-likeness (QED) is 0.801. The second-order valence-corrected chi connectivity index (χ2v) is 4.07. The fourth-order valence-electron chi connectivity index (χ4n) is 0.770. The first kappa shape index (κ1) is 10.5. The molecular formula is C7H9BrN2O2S. The molecule has 72 valence electrons. The van der Waals surface area contributed by atoms with Gasteiger partial charge >= 0.3 is 5.97 Å². The Bertz CT molecular complexity index is 290. The van der Waals surface area contributed by atoms with E-state index >= 15 is 0 Å². The van der Waals surface area contributed by atoms with Crippen molar-refractivity contribution in [1.82, 2.24) is 4.98 Å². The van der Waals surface area contributed by atoms with E-state index < -0.39 is 5.97 Å². The summed E-state index contributed by atoms with van der Waals surface area (Å²) in [4.78, 5) is 14.3. The van der Waals surface area contributed by atoms with E-state index in [9.17, 15) is 4.79 Å². The van der Waals surface area contributed by atoms with Crippen LogP contribution in [0.2, 0.25) is 0 Å². The molecule has 0 aliphatic rings. The van der Waals surface area contributed by atoms with E-state index in [0.717, 1.165) is 9.73 Å². The zero-order valence-corrected chi connectivity index (χ0v) is 9.19. The van der Waals surface area contributed by atoms with Crippen molar-refractivity contribution in [3.63, 3.8) is 0 Å². The fourth-order valence-corrected chi connectivity index (χ4v) is 1.94. The Hall–Kier alpha value is -0.620. The van der Waals surface area contributed by atoms with Gasteiger partial charge in [-0.05, 0) is 22.4 Å². The molecule has 13 heavy (non-hydrogen) atoms. The van der Waals surface area contributed by atoms with Crippen LogP contribution in [0.15, 0.2) is 9.98 Å². The Balaban J connectivity index is 2.16. The lowest BCUT2D eigenvalue weighted by Gasteiger charge is -1.99. The third-order valence-corrected chi connectivity index (χ3v) is 2.83. The number of hydrogen-bond acceptors (Lipinski definition) is 4. The number of carboxylic acid groups (broad SMARTS) is 1. The Morgan fingerprint density at radius 1 is 1.77 bits per heavy atom. The maximum absolute atomic E-state index is 10.2. The van der Waals surface area contributed by atoms with Gasteiger partial charge in [0.05, 0.1) is 0 Å². The molecule has 1 aromatic rings. The zero-order valence-electron chi connectivity index (χ0n) is 6.79. The summed E-state index contributed by atoms with van der Waals surface area (Å²) < 4.78 is 0.804. The minimum Gasteiger partial charge on any atom is -0.481 e. The number of carboxylic acids is 1. The standard InChI is InChI=1S/C7H9BrN2O2S/c8-5-4-13-7(10-5)9-3-1-2-6(11)12/h4H,1-3H2,(H,9,10)(H,11,12). The molecule has 0 aliphatic carbocycles. The molecule has 0 atom stereocenters. The molecule has 0 radical (unpaired) electrons. The summed E-state index contributed by atoms with van der Waals surface area (Å²) in [6.07, 6.45) is 0.812. The van der Waals surface area contributed by atoms with Crippen LogP contribution in [0.1, 0.15) is 12.8 Å². The summed E-state index contributed by atoms with van der Waals surface area (Å²) in [5, 5.41) is 14.1.